The summed E-state index contributed by atoms with van der Waals surface area (Å²) in [5, 5.41) is 3.45. The largest absolute Gasteiger partial charge is 0.382 e. The Balaban J connectivity index is 1.97. The fourth-order valence-corrected chi connectivity index (χ4v) is 2.70. The Morgan fingerprint density at radius 1 is 1.35 bits per heavy atom. The number of rotatable bonds is 4. The quantitative estimate of drug-likeness (QED) is 0.752. The number of benzene rings is 1. The molecule has 1 unspecified atom stereocenters. The summed E-state index contributed by atoms with van der Waals surface area (Å²) < 4.78 is 13.2. The minimum absolute atomic E-state index is 0.0656. The van der Waals surface area contributed by atoms with Crippen LogP contribution in [-0.4, -0.2) is 6.04 Å². The van der Waals surface area contributed by atoms with Gasteiger partial charge in [-0.2, -0.15) is 0 Å². The molecular weight excluding hydrogens is 260 g/mol. The van der Waals surface area contributed by atoms with Gasteiger partial charge < -0.3 is 5.32 Å². The molecule has 94 valence electrons. The predicted molar refractivity (Wildman–Crippen MR) is 71.5 cm³/mol. The molecule has 1 N–H and O–H groups in total. The molecule has 0 bridgehead atoms. The van der Waals surface area contributed by atoms with Gasteiger partial charge in [-0.25, -0.2) is 4.39 Å². The van der Waals surface area contributed by atoms with Crippen LogP contribution in [0.4, 0.5) is 10.1 Å². The molecule has 0 radical (unpaired) electrons. The monoisotopic (exact) mass is 275 g/mol. The Labute approximate surface area is 111 Å². The molecule has 4 heteroatoms. The van der Waals surface area contributed by atoms with E-state index in [1.807, 2.05) is 0 Å². The van der Waals surface area contributed by atoms with Crippen LogP contribution in [0.3, 0.4) is 0 Å². The fourth-order valence-electron chi connectivity index (χ4n) is 2.21. The van der Waals surface area contributed by atoms with Crippen molar-refractivity contribution in [1.82, 2.24) is 0 Å². The maximum Gasteiger partial charge on any atom is 0.160 e. The minimum Gasteiger partial charge on any atom is -0.382 e. The Hall–Kier alpha value is -0.470. The standard InChI is InChI=1S/C13H16Cl2FN/c1-8(5-9-3-2-4-9)17-10-6-11(14)13(16)12(15)7-10/h6-9,17H,2-5H2,1H3. The van der Waals surface area contributed by atoms with Gasteiger partial charge in [0.25, 0.3) is 0 Å². The van der Waals surface area contributed by atoms with Crippen LogP contribution >= 0.6 is 23.2 Å². The van der Waals surface area contributed by atoms with Gasteiger partial charge in [-0.05, 0) is 31.4 Å². The molecule has 0 spiro atoms. The van der Waals surface area contributed by atoms with Crippen molar-refractivity contribution in [3.8, 4) is 0 Å². The van der Waals surface area contributed by atoms with Crippen molar-refractivity contribution in [3.63, 3.8) is 0 Å². The number of halogens is 3. The number of nitrogens with one attached hydrogen (secondary N) is 1. The zero-order chi connectivity index (χ0) is 12.4. The van der Waals surface area contributed by atoms with Gasteiger partial charge in [-0.3, -0.25) is 0 Å². The first-order valence-corrected chi connectivity index (χ1v) is 6.73. The van der Waals surface area contributed by atoms with Gasteiger partial charge in [0.05, 0.1) is 10.0 Å². The van der Waals surface area contributed by atoms with Crippen molar-refractivity contribution in [3.05, 3.63) is 28.0 Å². The third kappa shape index (κ3) is 3.26. The molecule has 1 fully saturated rings. The van der Waals surface area contributed by atoms with Crippen LogP contribution in [0.15, 0.2) is 12.1 Å². The van der Waals surface area contributed by atoms with Crippen molar-refractivity contribution in [2.45, 2.75) is 38.6 Å². The van der Waals surface area contributed by atoms with Crippen LogP contribution in [-0.2, 0) is 0 Å². The normalized spacial score (nSPS) is 17.6. The van der Waals surface area contributed by atoms with Gasteiger partial charge in [-0.1, -0.05) is 42.5 Å². The predicted octanol–water partition coefficient (Wildman–Crippen LogP) is 5.12. The molecule has 2 rings (SSSR count). The summed E-state index contributed by atoms with van der Waals surface area (Å²) in [6.45, 7) is 2.13. The van der Waals surface area contributed by atoms with Gasteiger partial charge in [0.15, 0.2) is 5.82 Å². The molecule has 0 aromatic heterocycles. The van der Waals surface area contributed by atoms with Crippen LogP contribution in [0.25, 0.3) is 0 Å². The molecule has 1 nitrogen and oxygen atoms in total. The lowest BCUT2D eigenvalue weighted by molar-refractivity contribution is 0.286. The summed E-state index contributed by atoms with van der Waals surface area (Å²) in [4.78, 5) is 0. The Bertz CT molecular complexity index is 381. The van der Waals surface area contributed by atoms with Crippen molar-refractivity contribution in [2.24, 2.45) is 5.92 Å². The fraction of sp³-hybridized carbons (Fsp3) is 0.538. The average Bonchev–Trinajstić information content (AvgIpc) is 2.20. The second-order valence-electron chi connectivity index (χ2n) is 4.83. The molecule has 0 amide bonds. The lowest BCUT2D eigenvalue weighted by atomic mass is 9.81. The van der Waals surface area contributed by atoms with Crippen LogP contribution in [0.2, 0.25) is 10.0 Å². The van der Waals surface area contributed by atoms with Crippen LogP contribution in [0.1, 0.15) is 32.6 Å². The molecule has 1 aliphatic rings. The first-order valence-electron chi connectivity index (χ1n) is 5.97. The van der Waals surface area contributed by atoms with Gasteiger partial charge >= 0.3 is 0 Å². The summed E-state index contributed by atoms with van der Waals surface area (Å²) in [5.74, 6) is 0.287. The molecule has 1 aromatic rings. The number of anilines is 1. The lowest BCUT2D eigenvalue weighted by Gasteiger charge is -2.29. The third-order valence-electron chi connectivity index (χ3n) is 3.31. The van der Waals surface area contributed by atoms with E-state index in [0.717, 1.165) is 18.0 Å². The van der Waals surface area contributed by atoms with E-state index >= 15 is 0 Å². The highest BCUT2D eigenvalue weighted by Crippen LogP contribution is 2.32. The van der Waals surface area contributed by atoms with Gasteiger partial charge in [0.1, 0.15) is 0 Å². The zero-order valence-electron chi connectivity index (χ0n) is 9.77. The first kappa shape index (κ1) is 13.0. The number of hydrogen-bond acceptors (Lipinski definition) is 1. The van der Waals surface area contributed by atoms with Crippen LogP contribution < -0.4 is 5.32 Å². The van der Waals surface area contributed by atoms with E-state index in [-0.39, 0.29) is 10.0 Å². The molecule has 0 heterocycles. The zero-order valence-corrected chi connectivity index (χ0v) is 11.3. The molecular formula is C13H16Cl2FN. The average molecular weight is 276 g/mol. The Morgan fingerprint density at radius 2 is 1.94 bits per heavy atom. The van der Waals surface area contributed by atoms with Crippen LogP contribution in [0, 0.1) is 11.7 Å². The second-order valence-corrected chi connectivity index (χ2v) is 5.65. The first-order chi connectivity index (χ1) is 8.06. The molecule has 1 saturated carbocycles. The molecule has 1 atom stereocenters. The van der Waals surface area contributed by atoms with Gasteiger partial charge in [0, 0.05) is 11.7 Å². The van der Waals surface area contributed by atoms with Crippen molar-refractivity contribution < 1.29 is 4.39 Å². The van der Waals surface area contributed by atoms with E-state index in [0.29, 0.717) is 6.04 Å². The Kier molecular flexibility index (Phi) is 4.16. The van der Waals surface area contributed by atoms with Crippen molar-refractivity contribution >= 4 is 28.9 Å². The topological polar surface area (TPSA) is 12.0 Å². The highest BCUT2D eigenvalue weighted by atomic mass is 35.5. The maximum atomic E-state index is 13.2. The van der Waals surface area contributed by atoms with E-state index in [2.05, 4.69) is 12.2 Å². The van der Waals surface area contributed by atoms with Gasteiger partial charge in [0.2, 0.25) is 0 Å². The molecule has 0 saturated heterocycles. The lowest BCUT2D eigenvalue weighted by Crippen LogP contribution is -2.23. The smallest absolute Gasteiger partial charge is 0.160 e. The third-order valence-corrected chi connectivity index (χ3v) is 3.86. The summed E-state index contributed by atoms with van der Waals surface area (Å²) in [5.41, 5.74) is 0.785. The van der Waals surface area contributed by atoms with E-state index in [1.165, 1.54) is 19.3 Å². The second kappa shape index (κ2) is 5.45. The van der Waals surface area contributed by atoms with Crippen molar-refractivity contribution in [1.29, 1.82) is 0 Å². The SMILES string of the molecule is CC(CC1CCC1)Nc1cc(Cl)c(F)c(Cl)c1. The molecule has 17 heavy (non-hydrogen) atoms. The highest BCUT2D eigenvalue weighted by molar-refractivity contribution is 6.35. The molecule has 0 aliphatic heterocycles. The Morgan fingerprint density at radius 3 is 2.41 bits per heavy atom. The van der Waals surface area contributed by atoms with E-state index < -0.39 is 5.82 Å². The van der Waals surface area contributed by atoms with E-state index in [9.17, 15) is 4.39 Å². The van der Waals surface area contributed by atoms with Crippen LogP contribution in [0.5, 0.6) is 0 Å². The van der Waals surface area contributed by atoms with E-state index in [4.69, 9.17) is 23.2 Å². The van der Waals surface area contributed by atoms with Gasteiger partial charge in [-0.15, -0.1) is 0 Å². The number of hydrogen-bond donors (Lipinski definition) is 1. The van der Waals surface area contributed by atoms with E-state index in [1.54, 1.807) is 12.1 Å². The summed E-state index contributed by atoms with van der Waals surface area (Å²) >= 11 is 11.5. The molecule has 1 aliphatic carbocycles. The minimum atomic E-state index is -0.550. The summed E-state index contributed by atoms with van der Waals surface area (Å²) in [6, 6.07) is 3.53. The highest BCUT2D eigenvalue weighted by Gasteiger charge is 2.20. The molecule has 1 aromatic carbocycles. The summed E-state index contributed by atoms with van der Waals surface area (Å²) in [6.07, 6.45) is 5.16. The maximum absolute atomic E-state index is 13.2. The van der Waals surface area contributed by atoms with Crippen molar-refractivity contribution in [2.75, 3.05) is 5.32 Å². The summed E-state index contributed by atoms with van der Waals surface area (Å²) in [7, 11) is 0.